The molecule has 0 spiro atoms. The van der Waals surface area contributed by atoms with Gasteiger partial charge in [-0.2, -0.15) is 16.8 Å². The normalized spacial score (nSPS) is 11.4. The van der Waals surface area contributed by atoms with Gasteiger partial charge in [0.1, 0.15) is 5.78 Å². The van der Waals surface area contributed by atoms with Crippen molar-refractivity contribution in [2.24, 2.45) is 0 Å². The summed E-state index contributed by atoms with van der Waals surface area (Å²) in [6.07, 6.45) is 0. The van der Waals surface area contributed by atoms with E-state index in [-0.39, 0.29) is 5.78 Å². The Morgan fingerprint density at radius 1 is 1.00 bits per heavy atom. The zero-order valence-electron chi connectivity index (χ0n) is 6.66. The third kappa shape index (κ3) is 34.4. The average molecular weight is 236 g/mol. The molecule has 80 valence electrons. The van der Waals surface area contributed by atoms with E-state index in [0.29, 0.717) is 0 Å². The van der Waals surface area contributed by atoms with Crippen LogP contribution < -0.4 is 0 Å². The first-order valence-electron chi connectivity index (χ1n) is 2.57. The highest BCUT2D eigenvalue weighted by Crippen LogP contribution is 1.91. The van der Waals surface area contributed by atoms with Gasteiger partial charge in [-0.25, -0.2) is 0 Å². The van der Waals surface area contributed by atoms with Crippen LogP contribution in [-0.4, -0.2) is 31.7 Å². The van der Waals surface area contributed by atoms with Gasteiger partial charge in [0.15, 0.2) is 0 Å². The zero-order valence-corrected chi connectivity index (χ0v) is 8.29. The molecule has 0 aliphatic rings. The molecule has 0 aliphatic heterocycles. The van der Waals surface area contributed by atoms with Crippen LogP contribution in [0.4, 0.5) is 0 Å². The van der Waals surface area contributed by atoms with Crippen LogP contribution in [0, 0.1) is 0 Å². The molecular formula is C3H8O8S2. The van der Waals surface area contributed by atoms with Crippen molar-refractivity contribution in [3.05, 3.63) is 0 Å². The van der Waals surface area contributed by atoms with Gasteiger partial charge >= 0.3 is 20.8 Å². The highest BCUT2D eigenvalue weighted by Gasteiger charge is 2.15. The Kier molecular flexibility index (Phi) is 6.02. The zero-order chi connectivity index (χ0) is 11.3. The van der Waals surface area contributed by atoms with E-state index in [4.69, 9.17) is 9.11 Å². The van der Waals surface area contributed by atoms with E-state index in [1.165, 1.54) is 13.8 Å². The van der Waals surface area contributed by atoms with Gasteiger partial charge in [-0.3, -0.25) is 9.11 Å². The van der Waals surface area contributed by atoms with Crippen LogP contribution in [0.5, 0.6) is 0 Å². The van der Waals surface area contributed by atoms with Crippen LogP contribution in [0.25, 0.3) is 0 Å². The average Bonchev–Trinajstić information content (AvgIpc) is 1.47. The van der Waals surface area contributed by atoms with E-state index < -0.39 is 20.8 Å². The maximum Gasteiger partial charge on any atom is 0.413 e. The number of rotatable bonds is 2. The van der Waals surface area contributed by atoms with Gasteiger partial charge in [0.25, 0.3) is 0 Å². The summed E-state index contributed by atoms with van der Waals surface area (Å²) in [6, 6.07) is 0. The van der Waals surface area contributed by atoms with Crippen molar-refractivity contribution >= 4 is 26.6 Å². The molecule has 0 amide bonds. The molecule has 10 heteroatoms. The Labute approximate surface area is 75.4 Å². The van der Waals surface area contributed by atoms with Crippen molar-refractivity contribution in [3.8, 4) is 0 Å². The second-order valence-corrected chi connectivity index (χ2v) is 4.09. The third-order valence-corrected chi connectivity index (χ3v) is 1.55. The van der Waals surface area contributed by atoms with E-state index in [1.807, 2.05) is 0 Å². The molecule has 8 nitrogen and oxygen atoms in total. The van der Waals surface area contributed by atoms with Gasteiger partial charge in [-0.1, -0.05) is 0 Å². The molecule has 0 aromatic carbocycles. The fraction of sp³-hybridized carbons (Fsp3) is 0.667. The van der Waals surface area contributed by atoms with Crippen molar-refractivity contribution in [3.63, 3.8) is 0 Å². The summed E-state index contributed by atoms with van der Waals surface area (Å²) in [6.45, 7) is 3.06. The molecule has 0 radical (unpaired) electrons. The summed E-state index contributed by atoms with van der Waals surface area (Å²) in [5, 5.41) is 0. The first-order chi connectivity index (χ1) is 5.44. The molecule has 0 saturated heterocycles. The summed E-state index contributed by atoms with van der Waals surface area (Å²) in [5.41, 5.74) is 0. The Morgan fingerprint density at radius 3 is 1.15 bits per heavy atom. The summed E-state index contributed by atoms with van der Waals surface area (Å²) in [5.74, 6) is 0.167. The molecular weight excluding hydrogens is 228 g/mol. The minimum Gasteiger partial charge on any atom is -0.300 e. The Morgan fingerprint density at radius 2 is 1.15 bits per heavy atom. The smallest absolute Gasteiger partial charge is 0.300 e. The lowest BCUT2D eigenvalue weighted by molar-refractivity contribution is -0.115. The molecule has 0 rings (SSSR count). The molecule has 13 heavy (non-hydrogen) atoms. The SMILES string of the molecule is CC(C)=O.O=S(=O)(O)OS(=O)(=O)O. The van der Waals surface area contributed by atoms with Crippen LogP contribution in [-0.2, 0) is 29.2 Å². The molecule has 0 unspecified atom stereocenters. The fourth-order valence-electron chi connectivity index (χ4n) is 0.109. The Hall–Kier alpha value is -0.550. The molecule has 0 aliphatic carbocycles. The first-order valence-corrected chi connectivity index (χ1v) is 5.30. The minimum absolute atomic E-state index is 0.167. The molecule has 2 N–H and O–H groups in total. The maximum atomic E-state index is 9.44. The van der Waals surface area contributed by atoms with Crippen LogP contribution in [0.3, 0.4) is 0 Å². The summed E-state index contributed by atoms with van der Waals surface area (Å²) >= 11 is 0. The molecule has 0 bridgehead atoms. The standard InChI is InChI=1S/C3H6O.H2O7S2/c1-3(2)4;1-8(2,3)7-9(4,5)6/h1-2H3;(H,1,2,3)(H,4,5,6). The quantitative estimate of drug-likeness (QED) is 0.595. The van der Waals surface area contributed by atoms with Gasteiger partial charge in [-0.15, -0.1) is 3.63 Å². The van der Waals surface area contributed by atoms with Crippen LogP contribution in [0.2, 0.25) is 0 Å². The number of hydrogen-bond donors (Lipinski definition) is 2. The highest BCUT2D eigenvalue weighted by molar-refractivity contribution is 7.94. The summed E-state index contributed by atoms with van der Waals surface area (Å²) in [4.78, 5) is 9.44. The van der Waals surface area contributed by atoms with Gasteiger partial charge in [-0.05, 0) is 13.8 Å². The first kappa shape index (κ1) is 14.9. The van der Waals surface area contributed by atoms with Crippen molar-refractivity contribution < 1.29 is 34.4 Å². The van der Waals surface area contributed by atoms with Crippen LogP contribution in [0.1, 0.15) is 13.8 Å². The molecule has 0 aromatic heterocycles. The molecule has 0 atom stereocenters. The second kappa shape index (κ2) is 5.24. The van der Waals surface area contributed by atoms with Crippen LogP contribution in [0.15, 0.2) is 0 Å². The number of hydrogen-bond acceptors (Lipinski definition) is 6. The molecule has 0 saturated carbocycles. The lowest BCUT2D eigenvalue weighted by atomic mass is 10.6. The van der Waals surface area contributed by atoms with Crippen molar-refractivity contribution in [1.82, 2.24) is 0 Å². The van der Waals surface area contributed by atoms with Crippen molar-refractivity contribution in [2.45, 2.75) is 13.8 Å². The van der Waals surface area contributed by atoms with E-state index >= 15 is 0 Å². The van der Waals surface area contributed by atoms with Gasteiger partial charge < -0.3 is 4.79 Å². The van der Waals surface area contributed by atoms with E-state index in [1.54, 1.807) is 0 Å². The van der Waals surface area contributed by atoms with Crippen LogP contribution >= 0.6 is 0 Å². The fourth-order valence-corrected chi connectivity index (χ4v) is 0.978. The maximum absolute atomic E-state index is 9.44. The predicted molar refractivity (Wildman–Crippen MR) is 40.5 cm³/mol. The largest absolute Gasteiger partial charge is 0.413 e. The number of ketones is 1. The van der Waals surface area contributed by atoms with E-state index in [9.17, 15) is 21.6 Å². The lowest BCUT2D eigenvalue weighted by Crippen LogP contribution is -2.10. The van der Waals surface area contributed by atoms with Gasteiger partial charge in [0, 0.05) is 0 Å². The van der Waals surface area contributed by atoms with Gasteiger partial charge in [0.2, 0.25) is 0 Å². The Bertz CT molecular complexity index is 313. The lowest BCUT2D eigenvalue weighted by Gasteiger charge is -1.89. The third-order valence-electron chi connectivity index (χ3n) is 0.172. The summed E-state index contributed by atoms with van der Waals surface area (Å²) < 4.78 is 55.6. The number of carbonyl (C=O) groups excluding carboxylic acids is 1. The van der Waals surface area contributed by atoms with Crippen molar-refractivity contribution in [2.75, 3.05) is 0 Å². The van der Waals surface area contributed by atoms with Crippen molar-refractivity contribution in [1.29, 1.82) is 0 Å². The molecule has 0 heterocycles. The molecule has 0 aromatic rings. The number of carbonyl (C=O) groups is 1. The van der Waals surface area contributed by atoms with E-state index in [2.05, 4.69) is 3.63 Å². The topological polar surface area (TPSA) is 135 Å². The van der Waals surface area contributed by atoms with E-state index in [0.717, 1.165) is 0 Å². The Balaban J connectivity index is 0. The number of Topliss-reactive ketones (excluding diaryl/α,β-unsaturated/α-hetero) is 1. The molecule has 0 fully saturated rings. The monoisotopic (exact) mass is 236 g/mol. The predicted octanol–water partition coefficient (Wildman–Crippen LogP) is -0.796. The second-order valence-electron chi connectivity index (χ2n) is 1.83. The van der Waals surface area contributed by atoms with Gasteiger partial charge in [0.05, 0.1) is 0 Å². The highest BCUT2D eigenvalue weighted by atomic mass is 32.3. The summed E-state index contributed by atoms with van der Waals surface area (Å²) in [7, 11) is -10.2. The minimum atomic E-state index is -5.12.